The van der Waals surface area contributed by atoms with Crippen molar-refractivity contribution in [2.75, 3.05) is 5.88 Å². The van der Waals surface area contributed by atoms with E-state index in [2.05, 4.69) is 26.1 Å². The fourth-order valence-electron chi connectivity index (χ4n) is 2.69. The molecule has 1 aliphatic rings. The Bertz CT molecular complexity index is 285. The molecule has 0 aromatic heterocycles. The van der Waals surface area contributed by atoms with Gasteiger partial charge in [-0.05, 0) is 50.9 Å². The summed E-state index contributed by atoms with van der Waals surface area (Å²) >= 11 is 5.84. The largest absolute Gasteiger partial charge is 0.350 e. The van der Waals surface area contributed by atoms with Crippen molar-refractivity contribution in [1.82, 2.24) is 5.32 Å². The predicted octanol–water partition coefficient (Wildman–Crippen LogP) is 3.97. The average molecular weight is 274 g/mol. The number of halogens is 1. The molecule has 1 N–H and O–H groups in total. The molecule has 1 aliphatic carbocycles. The van der Waals surface area contributed by atoms with Crippen LogP contribution in [0.3, 0.4) is 0 Å². The molecule has 106 valence electrons. The zero-order chi connectivity index (χ0) is 14.0. The zero-order valence-corrected chi connectivity index (χ0v) is 13.2. The van der Waals surface area contributed by atoms with Crippen LogP contribution in [0, 0.1) is 17.3 Å². The van der Waals surface area contributed by atoms with Crippen LogP contribution in [0.15, 0.2) is 0 Å². The van der Waals surface area contributed by atoms with Crippen molar-refractivity contribution in [3.8, 4) is 0 Å². The number of amides is 1. The maximum Gasteiger partial charge on any atom is 0.223 e. The maximum absolute atomic E-state index is 12.2. The van der Waals surface area contributed by atoms with Crippen LogP contribution in [0.5, 0.6) is 0 Å². The molecule has 1 saturated carbocycles. The van der Waals surface area contributed by atoms with Gasteiger partial charge in [-0.3, -0.25) is 4.79 Å². The summed E-state index contributed by atoms with van der Waals surface area (Å²) in [5.41, 5.74) is 0.0797. The highest BCUT2D eigenvalue weighted by Crippen LogP contribution is 2.39. The minimum Gasteiger partial charge on any atom is -0.350 e. The summed E-state index contributed by atoms with van der Waals surface area (Å²) < 4.78 is 0. The van der Waals surface area contributed by atoms with Crippen LogP contribution in [-0.2, 0) is 4.79 Å². The van der Waals surface area contributed by atoms with Crippen LogP contribution in [0.25, 0.3) is 0 Å². The van der Waals surface area contributed by atoms with Gasteiger partial charge in [0.05, 0.1) is 0 Å². The summed E-state index contributed by atoms with van der Waals surface area (Å²) in [6.07, 6.45) is 4.38. The zero-order valence-electron chi connectivity index (χ0n) is 12.5. The van der Waals surface area contributed by atoms with Gasteiger partial charge in [0, 0.05) is 17.3 Å². The molecule has 0 aromatic carbocycles. The normalized spacial score (nSPS) is 25.9. The van der Waals surface area contributed by atoms with E-state index in [4.69, 9.17) is 11.6 Å². The lowest BCUT2D eigenvalue weighted by Crippen LogP contribution is -2.48. The van der Waals surface area contributed by atoms with Crippen molar-refractivity contribution in [1.29, 1.82) is 0 Å². The molecule has 3 heteroatoms. The second-order valence-electron chi connectivity index (χ2n) is 7.42. The lowest BCUT2D eigenvalue weighted by molar-refractivity contribution is -0.128. The van der Waals surface area contributed by atoms with Crippen LogP contribution in [0.2, 0.25) is 0 Å². The molecule has 0 radical (unpaired) electrons. The molecule has 0 aromatic rings. The molecule has 0 aliphatic heterocycles. The lowest BCUT2D eigenvalue weighted by atomic mass is 9.69. The first-order valence-electron chi connectivity index (χ1n) is 7.04. The Morgan fingerprint density at radius 1 is 1.11 bits per heavy atom. The van der Waals surface area contributed by atoms with E-state index in [0.29, 0.717) is 11.3 Å². The summed E-state index contributed by atoms with van der Waals surface area (Å²) in [5, 5.41) is 3.06. The van der Waals surface area contributed by atoms with Crippen LogP contribution in [0.1, 0.15) is 60.3 Å². The third-order valence-corrected chi connectivity index (χ3v) is 4.79. The Morgan fingerprint density at radius 2 is 1.61 bits per heavy atom. The Morgan fingerprint density at radius 3 is 2.00 bits per heavy atom. The molecule has 0 spiro atoms. The average Bonchev–Trinajstić information content (AvgIpc) is 2.27. The van der Waals surface area contributed by atoms with Gasteiger partial charge in [0.2, 0.25) is 5.91 Å². The number of carbonyl (C=O) groups excluding carboxylic acids is 1. The van der Waals surface area contributed by atoms with Gasteiger partial charge in [-0.15, -0.1) is 11.6 Å². The Labute approximate surface area is 117 Å². The summed E-state index contributed by atoms with van der Waals surface area (Å²) in [5.74, 6) is 1.58. The standard InChI is InChI=1S/C15H28ClNO/c1-14(2,3)12-8-6-11(7-9-12)13(18)17-15(4,5)10-16/h11-12H,6-10H2,1-5H3,(H,17,18). The first-order chi connectivity index (χ1) is 8.15. The third kappa shape index (κ3) is 4.46. The molecule has 0 atom stereocenters. The van der Waals surface area contributed by atoms with Crippen LogP contribution >= 0.6 is 11.6 Å². The number of hydrogen-bond acceptors (Lipinski definition) is 1. The second-order valence-corrected chi connectivity index (χ2v) is 7.69. The fourth-order valence-corrected chi connectivity index (χ4v) is 2.76. The summed E-state index contributed by atoms with van der Waals surface area (Å²) in [4.78, 5) is 12.2. The molecule has 18 heavy (non-hydrogen) atoms. The third-order valence-electron chi connectivity index (χ3n) is 4.12. The van der Waals surface area contributed by atoms with E-state index >= 15 is 0 Å². The molecule has 1 amide bonds. The maximum atomic E-state index is 12.2. The van der Waals surface area contributed by atoms with Crippen molar-refractivity contribution in [3.63, 3.8) is 0 Å². The van der Waals surface area contributed by atoms with Crippen LogP contribution in [0.4, 0.5) is 0 Å². The summed E-state index contributed by atoms with van der Waals surface area (Å²) in [6.45, 7) is 10.8. The molecular formula is C15H28ClNO. The van der Waals surface area contributed by atoms with E-state index in [-0.39, 0.29) is 17.4 Å². The van der Waals surface area contributed by atoms with E-state index in [1.54, 1.807) is 0 Å². The van der Waals surface area contributed by atoms with E-state index in [9.17, 15) is 4.79 Å². The van der Waals surface area contributed by atoms with E-state index in [1.165, 1.54) is 12.8 Å². The molecule has 0 unspecified atom stereocenters. The first-order valence-corrected chi connectivity index (χ1v) is 7.57. The van der Waals surface area contributed by atoms with Crippen LogP contribution in [-0.4, -0.2) is 17.3 Å². The van der Waals surface area contributed by atoms with Gasteiger partial charge in [0.1, 0.15) is 0 Å². The van der Waals surface area contributed by atoms with Gasteiger partial charge in [0.15, 0.2) is 0 Å². The van der Waals surface area contributed by atoms with Gasteiger partial charge in [0.25, 0.3) is 0 Å². The van der Waals surface area contributed by atoms with Crippen molar-refractivity contribution in [2.45, 2.75) is 65.8 Å². The summed E-state index contributed by atoms with van der Waals surface area (Å²) in [7, 11) is 0. The van der Waals surface area contributed by atoms with Gasteiger partial charge < -0.3 is 5.32 Å². The monoisotopic (exact) mass is 273 g/mol. The highest BCUT2D eigenvalue weighted by Gasteiger charge is 2.33. The molecule has 0 saturated heterocycles. The SMILES string of the molecule is CC(C)(CCl)NC(=O)C1CCC(C(C)(C)C)CC1. The predicted molar refractivity (Wildman–Crippen MR) is 77.8 cm³/mol. The summed E-state index contributed by atoms with van der Waals surface area (Å²) in [6, 6.07) is 0. The fraction of sp³-hybridized carbons (Fsp3) is 0.933. The minimum atomic E-state index is -0.292. The number of nitrogens with one attached hydrogen (secondary N) is 1. The lowest BCUT2D eigenvalue weighted by Gasteiger charge is -2.37. The van der Waals surface area contributed by atoms with Gasteiger partial charge in [-0.25, -0.2) is 0 Å². The number of rotatable bonds is 3. The van der Waals surface area contributed by atoms with Gasteiger partial charge in [-0.1, -0.05) is 20.8 Å². The minimum absolute atomic E-state index is 0.186. The Kier molecular flexibility index (Phi) is 5.11. The van der Waals surface area contributed by atoms with Crippen molar-refractivity contribution in [2.24, 2.45) is 17.3 Å². The Hall–Kier alpha value is -0.240. The highest BCUT2D eigenvalue weighted by atomic mass is 35.5. The number of carbonyl (C=O) groups is 1. The number of alkyl halides is 1. The number of hydrogen-bond donors (Lipinski definition) is 1. The molecule has 2 nitrogen and oxygen atoms in total. The van der Waals surface area contributed by atoms with Crippen LogP contribution < -0.4 is 5.32 Å². The van der Waals surface area contributed by atoms with Crippen molar-refractivity contribution in [3.05, 3.63) is 0 Å². The molecule has 0 bridgehead atoms. The van der Waals surface area contributed by atoms with Gasteiger partial charge >= 0.3 is 0 Å². The first kappa shape index (κ1) is 15.8. The Balaban J connectivity index is 2.46. The smallest absolute Gasteiger partial charge is 0.223 e. The molecule has 1 rings (SSSR count). The van der Waals surface area contributed by atoms with E-state index in [0.717, 1.165) is 18.8 Å². The van der Waals surface area contributed by atoms with E-state index < -0.39 is 0 Å². The second kappa shape index (κ2) is 5.81. The molecule has 1 fully saturated rings. The van der Waals surface area contributed by atoms with Gasteiger partial charge in [-0.2, -0.15) is 0 Å². The quantitative estimate of drug-likeness (QED) is 0.775. The van der Waals surface area contributed by atoms with Crippen molar-refractivity contribution < 1.29 is 4.79 Å². The highest BCUT2D eigenvalue weighted by molar-refractivity contribution is 6.18. The molecule has 0 heterocycles. The van der Waals surface area contributed by atoms with E-state index in [1.807, 2.05) is 13.8 Å². The topological polar surface area (TPSA) is 29.1 Å². The van der Waals surface area contributed by atoms with Crippen molar-refractivity contribution >= 4 is 17.5 Å². The molecular weight excluding hydrogens is 246 g/mol.